The Kier molecular flexibility index (Phi) is 6.30. The van der Waals surface area contributed by atoms with Crippen molar-refractivity contribution in [3.05, 3.63) is 65.2 Å². The third-order valence-electron chi connectivity index (χ3n) is 4.84. The maximum absolute atomic E-state index is 12.5. The standard InChI is InChI=1S/C22H23N3O3/c1-28-21-14-17(6-8-20(21)26)7-9-22(27)25-12-10-24(11-13-25)16-19-5-3-2-4-18(19)15-23/h2-9,14,26H,10-13,16H2,1H3/b9-7+. The van der Waals surface area contributed by atoms with Gasteiger partial charge in [0.15, 0.2) is 11.5 Å². The molecule has 0 unspecified atom stereocenters. The zero-order chi connectivity index (χ0) is 19.9. The Labute approximate surface area is 164 Å². The molecule has 2 aromatic carbocycles. The number of carbonyl (C=O) groups is 1. The molecule has 0 atom stereocenters. The predicted octanol–water partition coefficient (Wildman–Crippen LogP) is 2.63. The van der Waals surface area contributed by atoms with Crippen molar-refractivity contribution in [1.82, 2.24) is 9.80 Å². The summed E-state index contributed by atoms with van der Waals surface area (Å²) in [6.07, 6.45) is 3.27. The molecule has 1 aliphatic heterocycles. The number of methoxy groups -OCH3 is 1. The molecule has 1 N–H and O–H groups in total. The summed E-state index contributed by atoms with van der Waals surface area (Å²) in [6, 6.07) is 14.8. The number of nitrogens with zero attached hydrogens (tertiary/aromatic N) is 3. The lowest BCUT2D eigenvalue weighted by Crippen LogP contribution is -2.47. The molecule has 0 spiro atoms. The first-order valence-electron chi connectivity index (χ1n) is 9.15. The Balaban J connectivity index is 1.54. The van der Waals surface area contributed by atoms with Crippen molar-refractivity contribution in [1.29, 1.82) is 5.26 Å². The second-order valence-corrected chi connectivity index (χ2v) is 6.64. The number of rotatable bonds is 5. The van der Waals surface area contributed by atoms with Crippen molar-refractivity contribution in [3.8, 4) is 17.6 Å². The largest absolute Gasteiger partial charge is 0.504 e. The van der Waals surface area contributed by atoms with Crippen LogP contribution < -0.4 is 4.74 Å². The molecular weight excluding hydrogens is 354 g/mol. The Bertz CT molecular complexity index is 909. The average molecular weight is 377 g/mol. The summed E-state index contributed by atoms with van der Waals surface area (Å²) in [5.41, 5.74) is 2.51. The average Bonchev–Trinajstić information content (AvgIpc) is 2.74. The highest BCUT2D eigenvalue weighted by Crippen LogP contribution is 2.26. The minimum atomic E-state index is -0.0379. The number of hydrogen-bond donors (Lipinski definition) is 1. The maximum atomic E-state index is 12.5. The molecule has 6 nitrogen and oxygen atoms in total. The van der Waals surface area contributed by atoms with Gasteiger partial charge in [0, 0.05) is 38.8 Å². The fourth-order valence-electron chi connectivity index (χ4n) is 3.21. The van der Waals surface area contributed by atoms with E-state index in [4.69, 9.17) is 4.74 Å². The van der Waals surface area contributed by atoms with Crippen LogP contribution in [0.5, 0.6) is 11.5 Å². The van der Waals surface area contributed by atoms with Gasteiger partial charge >= 0.3 is 0 Å². The van der Waals surface area contributed by atoms with Gasteiger partial charge in [0.1, 0.15) is 0 Å². The number of ether oxygens (including phenoxy) is 1. The lowest BCUT2D eigenvalue weighted by molar-refractivity contribution is -0.127. The van der Waals surface area contributed by atoms with Crippen molar-refractivity contribution in [3.63, 3.8) is 0 Å². The molecule has 6 heteroatoms. The molecule has 1 fully saturated rings. The topological polar surface area (TPSA) is 76.8 Å². The maximum Gasteiger partial charge on any atom is 0.246 e. The molecule has 0 aromatic heterocycles. The third kappa shape index (κ3) is 4.70. The SMILES string of the molecule is COc1cc(/C=C/C(=O)N2CCN(Cc3ccccc3C#N)CC2)ccc1O. The number of aromatic hydroxyl groups is 1. The van der Waals surface area contributed by atoms with Gasteiger partial charge in [0.05, 0.1) is 18.7 Å². The van der Waals surface area contributed by atoms with Crippen LogP contribution in [0, 0.1) is 11.3 Å². The zero-order valence-electron chi connectivity index (χ0n) is 15.8. The molecule has 0 bridgehead atoms. The number of benzene rings is 2. The smallest absolute Gasteiger partial charge is 0.246 e. The van der Waals surface area contributed by atoms with E-state index in [1.54, 1.807) is 30.4 Å². The van der Waals surface area contributed by atoms with Gasteiger partial charge in [-0.05, 0) is 35.4 Å². The zero-order valence-corrected chi connectivity index (χ0v) is 15.8. The molecule has 0 radical (unpaired) electrons. The first-order valence-corrected chi connectivity index (χ1v) is 9.15. The lowest BCUT2D eigenvalue weighted by Gasteiger charge is -2.34. The van der Waals surface area contributed by atoms with E-state index in [-0.39, 0.29) is 11.7 Å². The fourth-order valence-corrected chi connectivity index (χ4v) is 3.21. The summed E-state index contributed by atoms with van der Waals surface area (Å²) in [7, 11) is 1.49. The minimum Gasteiger partial charge on any atom is -0.504 e. The van der Waals surface area contributed by atoms with Crippen molar-refractivity contribution in [2.75, 3.05) is 33.3 Å². The second-order valence-electron chi connectivity index (χ2n) is 6.64. The van der Waals surface area contributed by atoms with E-state index in [9.17, 15) is 15.2 Å². The predicted molar refractivity (Wildman–Crippen MR) is 107 cm³/mol. The van der Waals surface area contributed by atoms with Gasteiger partial charge in [0.25, 0.3) is 0 Å². The molecule has 28 heavy (non-hydrogen) atoms. The highest BCUT2D eigenvalue weighted by atomic mass is 16.5. The Morgan fingerprint density at radius 2 is 1.96 bits per heavy atom. The van der Waals surface area contributed by atoms with Gasteiger partial charge in [0.2, 0.25) is 5.91 Å². The quantitative estimate of drug-likeness (QED) is 0.811. The highest BCUT2D eigenvalue weighted by molar-refractivity contribution is 5.92. The normalized spacial score (nSPS) is 14.8. The molecular formula is C22H23N3O3. The van der Waals surface area contributed by atoms with Crippen LogP contribution in [-0.2, 0) is 11.3 Å². The van der Waals surface area contributed by atoms with E-state index in [0.717, 1.165) is 30.8 Å². The minimum absolute atomic E-state index is 0.0379. The van der Waals surface area contributed by atoms with E-state index >= 15 is 0 Å². The van der Waals surface area contributed by atoms with Gasteiger partial charge in [-0.25, -0.2) is 0 Å². The van der Waals surface area contributed by atoms with Crippen LogP contribution in [0.25, 0.3) is 6.08 Å². The van der Waals surface area contributed by atoms with Crippen LogP contribution in [0.3, 0.4) is 0 Å². The fraction of sp³-hybridized carbons (Fsp3) is 0.273. The van der Waals surface area contributed by atoms with Crippen LogP contribution in [0.1, 0.15) is 16.7 Å². The molecule has 1 aliphatic rings. The Morgan fingerprint density at radius 1 is 1.21 bits per heavy atom. The van der Waals surface area contributed by atoms with E-state index in [1.807, 2.05) is 29.2 Å². The van der Waals surface area contributed by atoms with Crippen molar-refractivity contribution in [2.24, 2.45) is 0 Å². The van der Waals surface area contributed by atoms with E-state index in [0.29, 0.717) is 24.4 Å². The van der Waals surface area contributed by atoms with Gasteiger partial charge in [-0.3, -0.25) is 9.69 Å². The second kappa shape index (κ2) is 9.07. The van der Waals surface area contributed by atoms with E-state index < -0.39 is 0 Å². The van der Waals surface area contributed by atoms with Crippen molar-refractivity contribution < 1.29 is 14.6 Å². The van der Waals surface area contributed by atoms with Crippen LogP contribution in [-0.4, -0.2) is 54.1 Å². The number of phenolic OH excluding ortho intramolecular Hbond substituents is 1. The Hall–Kier alpha value is -3.30. The van der Waals surface area contributed by atoms with Crippen molar-refractivity contribution >= 4 is 12.0 Å². The van der Waals surface area contributed by atoms with Crippen LogP contribution in [0.15, 0.2) is 48.5 Å². The highest BCUT2D eigenvalue weighted by Gasteiger charge is 2.20. The molecule has 0 aliphatic carbocycles. The number of phenols is 1. The van der Waals surface area contributed by atoms with Crippen LogP contribution in [0.4, 0.5) is 0 Å². The molecule has 1 amide bonds. The monoisotopic (exact) mass is 377 g/mol. The van der Waals surface area contributed by atoms with Gasteiger partial charge in [-0.2, -0.15) is 5.26 Å². The number of piperazine rings is 1. The van der Waals surface area contributed by atoms with Crippen molar-refractivity contribution in [2.45, 2.75) is 6.54 Å². The molecule has 144 valence electrons. The number of carbonyl (C=O) groups excluding carboxylic acids is 1. The molecule has 2 aromatic rings. The summed E-state index contributed by atoms with van der Waals surface area (Å²) in [6.45, 7) is 3.56. The molecule has 1 heterocycles. The summed E-state index contributed by atoms with van der Waals surface area (Å²) in [5.74, 6) is 0.407. The lowest BCUT2D eigenvalue weighted by atomic mass is 10.1. The number of nitriles is 1. The van der Waals surface area contributed by atoms with E-state index in [2.05, 4.69) is 11.0 Å². The number of hydrogen-bond acceptors (Lipinski definition) is 5. The van der Waals surface area contributed by atoms with Gasteiger partial charge < -0.3 is 14.7 Å². The third-order valence-corrected chi connectivity index (χ3v) is 4.84. The number of amides is 1. The summed E-state index contributed by atoms with van der Waals surface area (Å²) in [5, 5.41) is 18.8. The van der Waals surface area contributed by atoms with E-state index in [1.165, 1.54) is 7.11 Å². The first-order chi connectivity index (χ1) is 13.6. The summed E-state index contributed by atoms with van der Waals surface area (Å²) >= 11 is 0. The molecule has 0 saturated carbocycles. The molecule has 3 rings (SSSR count). The van der Waals surface area contributed by atoms with Gasteiger partial charge in [-0.1, -0.05) is 24.3 Å². The Morgan fingerprint density at radius 3 is 2.68 bits per heavy atom. The summed E-state index contributed by atoms with van der Waals surface area (Å²) in [4.78, 5) is 16.5. The van der Waals surface area contributed by atoms with Crippen LogP contribution >= 0.6 is 0 Å². The van der Waals surface area contributed by atoms with Gasteiger partial charge in [-0.15, -0.1) is 0 Å². The molecule has 1 saturated heterocycles. The van der Waals surface area contributed by atoms with Crippen LogP contribution in [0.2, 0.25) is 0 Å². The summed E-state index contributed by atoms with van der Waals surface area (Å²) < 4.78 is 5.08. The first kappa shape index (κ1) is 19.5.